The summed E-state index contributed by atoms with van der Waals surface area (Å²) in [5.74, 6) is 0. The van der Waals surface area contributed by atoms with Crippen LogP contribution in [0.25, 0.3) is 0 Å². The first kappa shape index (κ1) is 28.6. The largest absolute Gasteiger partial charge is 0.309 e. The van der Waals surface area contributed by atoms with Gasteiger partial charge >= 0.3 is 0 Å². The summed E-state index contributed by atoms with van der Waals surface area (Å²) >= 11 is 0. The summed E-state index contributed by atoms with van der Waals surface area (Å²) in [4.78, 5) is 0. The van der Waals surface area contributed by atoms with Crippen molar-refractivity contribution in [2.45, 2.75) is 116 Å². The molecule has 2 rings (SSSR count). The Kier molecular flexibility index (Phi) is 16.5. The van der Waals surface area contributed by atoms with E-state index in [2.05, 4.69) is 85.1 Å². The number of benzene rings is 2. The van der Waals surface area contributed by atoms with Gasteiger partial charge < -0.3 is 10.6 Å². The van der Waals surface area contributed by atoms with Gasteiger partial charge in [-0.25, -0.2) is 0 Å². The quantitative estimate of drug-likeness (QED) is 0.180. The Balaban J connectivity index is 1.78. The maximum atomic E-state index is 3.87. The Morgan fingerprint density at radius 3 is 1.21 bits per heavy atom. The number of nitrogens with one attached hydrogen (secondary N) is 2. The Hall–Kier alpha value is -1.64. The molecule has 2 nitrogen and oxygen atoms in total. The fraction of sp³-hybridized carbons (Fsp3) is 0.625. The van der Waals surface area contributed by atoms with Crippen molar-refractivity contribution in [3.63, 3.8) is 0 Å². The minimum atomic E-state index is 0.461. The molecule has 2 aromatic rings. The molecule has 0 saturated carbocycles. The average molecular weight is 465 g/mol. The number of hydrogen-bond acceptors (Lipinski definition) is 2. The molecule has 190 valence electrons. The van der Waals surface area contributed by atoms with E-state index in [0.29, 0.717) is 12.1 Å². The van der Waals surface area contributed by atoms with E-state index in [1.807, 2.05) is 0 Å². The van der Waals surface area contributed by atoms with Crippen molar-refractivity contribution in [1.29, 1.82) is 0 Å². The van der Waals surface area contributed by atoms with E-state index < -0.39 is 0 Å². The zero-order chi connectivity index (χ0) is 24.1. The van der Waals surface area contributed by atoms with Crippen molar-refractivity contribution in [2.75, 3.05) is 13.1 Å². The van der Waals surface area contributed by atoms with Crippen LogP contribution in [0.15, 0.2) is 60.7 Å². The second-order valence-electron chi connectivity index (χ2n) is 9.95. The SMILES string of the molecule is CCCCCCCCC(NCCNC(CCCCCCCC)c1ccccc1)c1ccccc1. The van der Waals surface area contributed by atoms with Gasteiger partial charge in [0.05, 0.1) is 0 Å². The summed E-state index contributed by atoms with van der Waals surface area (Å²) in [5, 5.41) is 7.75. The van der Waals surface area contributed by atoms with Gasteiger partial charge in [-0.2, -0.15) is 0 Å². The molecule has 34 heavy (non-hydrogen) atoms. The number of rotatable bonds is 21. The molecule has 0 aromatic heterocycles. The highest BCUT2D eigenvalue weighted by molar-refractivity contribution is 5.20. The zero-order valence-corrected chi connectivity index (χ0v) is 22.2. The molecule has 2 heteroatoms. The maximum Gasteiger partial charge on any atom is 0.0320 e. The predicted octanol–water partition coefficient (Wildman–Crippen LogP) is 9.15. The highest BCUT2D eigenvalue weighted by Gasteiger charge is 2.13. The third-order valence-electron chi connectivity index (χ3n) is 7.00. The summed E-state index contributed by atoms with van der Waals surface area (Å²) in [6.07, 6.45) is 18.8. The normalized spacial score (nSPS) is 13.1. The lowest BCUT2D eigenvalue weighted by Gasteiger charge is -2.22. The maximum absolute atomic E-state index is 3.87. The van der Waals surface area contributed by atoms with Crippen LogP contribution in [0.1, 0.15) is 127 Å². The minimum absolute atomic E-state index is 0.461. The van der Waals surface area contributed by atoms with Crippen LogP contribution in [0, 0.1) is 0 Å². The summed E-state index contributed by atoms with van der Waals surface area (Å²) < 4.78 is 0. The van der Waals surface area contributed by atoms with Gasteiger partial charge in [-0.05, 0) is 24.0 Å². The van der Waals surface area contributed by atoms with E-state index in [9.17, 15) is 0 Å². The Bertz CT molecular complexity index is 623. The monoisotopic (exact) mass is 464 g/mol. The first-order valence-electron chi connectivity index (χ1n) is 14.4. The highest BCUT2D eigenvalue weighted by atomic mass is 15.0. The third-order valence-corrected chi connectivity index (χ3v) is 7.00. The van der Waals surface area contributed by atoms with Gasteiger partial charge in [0.25, 0.3) is 0 Å². The molecule has 2 unspecified atom stereocenters. The molecule has 0 aliphatic carbocycles. The van der Waals surface area contributed by atoms with Crippen LogP contribution in [0.2, 0.25) is 0 Å². The van der Waals surface area contributed by atoms with Crippen molar-refractivity contribution in [3.8, 4) is 0 Å². The lowest BCUT2D eigenvalue weighted by molar-refractivity contribution is 0.429. The standard InChI is InChI=1S/C32H52N2/c1-3-5-7-9-11-19-25-31(29-21-15-13-16-22-29)33-27-28-34-32(30-23-17-14-18-24-30)26-20-12-10-8-6-4-2/h13-18,21-24,31-34H,3-12,19-20,25-28H2,1-2H3. The lowest BCUT2D eigenvalue weighted by Crippen LogP contribution is -2.32. The van der Waals surface area contributed by atoms with Gasteiger partial charge in [0.2, 0.25) is 0 Å². The summed E-state index contributed by atoms with van der Waals surface area (Å²) in [5.41, 5.74) is 2.87. The molecule has 2 atom stereocenters. The van der Waals surface area contributed by atoms with Crippen molar-refractivity contribution in [1.82, 2.24) is 10.6 Å². The summed E-state index contributed by atoms with van der Waals surface area (Å²) in [6.45, 7) is 6.60. The Morgan fingerprint density at radius 2 is 0.824 bits per heavy atom. The van der Waals surface area contributed by atoms with E-state index in [-0.39, 0.29) is 0 Å². The molecule has 0 amide bonds. The molecule has 0 bridgehead atoms. The van der Waals surface area contributed by atoms with Crippen LogP contribution in [-0.2, 0) is 0 Å². The molecule has 2 aromatic carbocycles. The molecule has 2 N–H and O–H groups in total. The van der Waals surface area contributed by atoms with E-state index in [4.69, 9.17) is 0 Å². The number of unbranched alkanes of at least 4 members (excludes halogenated alkanes) is 10. The van der Waals surface area contributed by atoms with Crippen LogP contribution in [0.3, 0.4) is 0 Å². The molecule has 0 heterocycles. The second-order valence-corrected chi connectivity index (χ2v) is 9.95. The topological polar surface area (TPSA) is 24.1 Å². The zero-order valence-electron chi connectivity index (χ0n) is 22.2. The molecule has 0 saturated heterocycles. The molecule has 0 spiro atoms. The lowest BCUT2D eigenvalue weighted by atomic mass is 9.99. The fourth-order valence-electron chi connectivity index (χ4n) is 4.89. The van der Waals surface area contributed by atoms with Crippen LogP contribution in [0.5, 0.6) is 0 Å². The van der Waals surface area contributed by atoms with Crippen LogP contribution in [-0.4, -0.2) is 13.1 Å². The third kappa shape index (κ3) is 12.7. The Morgan fingerprint density at radius 1 is 0.471 bits per heavy atom. The van der Waals surface area contributed by atoms with Crippen molar-refractivity contribution >= 4 is 0 Å². The first-order valence-corrected chi connectivity index (χ1v) is 14.4. The minimum Gasteiger partial charge on any atom is -0.309 e. The first-order chi connectivity index (χ1) is 16.8. The Labute approximate surface area is 211 Å². The average Bonchev–Trinajstić information content (AvgIpc) is 2.89. The van der Waals surface area contributed by atoms with Gasteiger partial charge in [0.1, 0.15) is 0 Å². The second kappa shape index (κ2) is 19.6. The van der Waals surface area contributed by atoms with Crippen molar-refractivity contribution in [3.05, 3.63) is 71.8 Å². The van der Waals surface area contributed by atoms with Gasteiger partial charge in [-0.15, -0.1) is 0 Å². The van der Waals surface area contributed by atoms with Crippen molar-refractivity contribution in [2.24, 2.45) is 0 Å². The predicted molar refractivity (Wildman–Crippen MR) is 150 cm³/mol. The fourth-order valence-corrected chi connectivity index (χ4v) is 4.89. The van der Waals surface area contributed by atoms with E-state index >= 15 is 0 Å². The number of hydrogen-bond donors (Lipinski definition) is 2. The molecular formula is C32H52N2. The molecule has 0 fully saturated rings. The van der Waals surface area contributed by atoms with Crippen molar-refractivity contribution < 1.29 is 0 Å². The van der Waals surface area contributed by atoms with Crippen LogP contribution < -0.4 is 10.6 Å². The van der Waals surface area contributed by atoms with E-state index in [1.54, 1.807) is 0 Å². The summed E-state index contributed by atoms with van der Waals surface area (Å²) in [6, 6.07) is 23.0. The van der Waals surface area contributed by atoms with Gasteiger partial charge in [-0.1, -0.05) is 152 Å². The molecule has 0 radical (unpaired) electrons. The van der Waals surface area contributed by atoms with Gasteiger partial charge in [-0.3, -0.25) is 0 Å². The smallest absolute Gasteiger partial charge is 0.0320 e. The van der Waals surface area contributed by atoms with E-state index in [1.165, 1.54) is 101 Å². The van der Waals surface area contributed by atoms with Crippen LogP contribution >= 0.6 is 0 Å². The van der Waals surface area contributed by atoms with Gasteiger partial charge in [0, 0.05) is 25.2 Å². The highest BCUT2D eigenvalue weighted by Crippen LogP contribution is 2.22. The molecule has 0 aliphatic rings. The molecule has 0 aliphatic heterocycles. The summed E-state index contributed by atoms with van der Waals surface area (Å²) in [7, 11) is 0. The molecular weight excluding hydrogens is 412 g/mol. The van der Waals surface area contributed by atoms with Gasteiger partial charge in [0.15, 0.2) is 0 Å². The van der Waals surface area contributed by atoms with E-state index in [0.717, 1.165) is 13.1 Å². The van der Waals surface area contributed by atoms with Crippen LogP contribution in [0.4, 0.5) is 0 Å².